The van der Waals surface area contributed by atoms with Gasteiger partial charge in [-0.25, -0.2) is 9.59 Å². The first-order valence-corrected chi connectivity index (χ1v) is 8.86. The fourth-order valence-corrected chi connectivity index (χ4v) is 2.78. The zero-order valence-electron chi connectivity index (χ0n) is 15.8. The number of hydrogen-bond donors (Lipinski definition) is 0. The van der Waals surface area contributed by atoms with Crippen molar-refractivity contribution in [2.45, 2.75) is 39.7 Å². The third-order valence-corrected chi connectivity index (χ3v) is 4.02. The molecule has 7 heteroatoms. The molecule has 0 N–H and O–H groups in total. The number of furan rings is 1. The summed E-state index contributed by atoms with van der Waals surface area (Å²) in [5.41, 5.74) is 1.13. The van der Waals surface area contributed by atoms with E-state index in [0.717, 1.165) is 5.56 Å². The van der Waals surface area contributed by atoms with Crippen LogP contribution < -0.4 is 10.4 Å². The van der Waals surface area contributed by atoms with Crippen LogP contribution in [-0.2, 0) is 16.0 Å². The van der Waals surface area contributed by atoms with Gasteiger partial charge in [0.1, 0.15) is 11.3 Å². The van der Waals surface area contributed by atoms with Gasteiger partial charge in [-0.15, -0.1) is 0 Å². The van der Waals surface area contributed by atoms with Crippen LogP contribution in [0.25, 0.3) is 11.0 Å². The summed E-state index contributed by atoms with van der Waals surface area (Å²) in [6.45, 7) is 5.33. The van der Waals surface area contributed by atoms with Crippen molar-refractivity contribution in [2.24, 2.45) is 0 Å². The van der Waals surface area contributed by atoms with Crippen LogP contribution in [0.4, 0.5) is 0 Å². The lowest BCUT2D eigenvalue weighted by Crippen LogP contribution is -2.13. The Morgan fingerprint density at radius 3 is 2.64 bits per heavy atom. The molecule has 0 unspecified atom stereocenters. The van der Waals surface area contributed by atoms with Crippen molar-refractivity contribution in [3.8, 4) is 5.75 Å². The van der Waals surface area contributed by atoms with Gasteiger partial charge in [0.05, 0.1) is 12.4 Å². The molecule has 28 heavy (non-hydrogen) atoms. The Hall–Kier alpha value is -3.35. The standard InChI is InChI=1S/C21H20O7/c1-12(2)26-19(22)7-6-14-10-15-13(3)9-20(23)27-18(15)11-17(14)28-21(24)16-5-4-8-25-16/h4-5,8-12H,6-7H2,1-3H3. The molecule has 146 valence electrons. The lowest BCUT2D eigenvalue weighted by Gasteiger charge is -2.12. The average molecular weight is 384 g/mol. The van der Waals surface area contributed by atoms with E-state index >= 15 is 0 Å². The number of fused-ring (bicyclic) bond motifs is 1. The molecule has 3 aromatic rings. The van der Waals surface area contributed by atoms with E-state index in [0.29, 0.717) is 23.0 Å². The van der Waals surface area contributed by atoms with Crippen molar-refractivity contribution in [3.63, 3.8) is 0 Å². The molecule has 0 atom stereocenters. The summed E-state index contributed by atoms with van der Waals surface area (Å²) >= 11 is 0. The number of aryl methyl sites for hydroxylation is 2. The van der Waals surface area contributed by atoms with E-state index in [1.165, 1.54) is 24.5 Å². The van der Waals surface area contributed by atoms with Gasteiger partial charge in [0.2, 0.25) is 5.76 Å². The highest BCUT2D eigenvalue weighted by Crippen LogP contribution is 2.29. The molecule has 0 aliphatic rings. The SMILES string of the molecule is Cc1cc(=O)oc2cc(OC(=O)c3ccco3)c(CCC(=O)OC(C)C)cc12. The largest absolute Gasteiger partial charge is 0.463 e. The maximum Gasteiger partial charge on any atom is 0.379 e. The van der Waals surface area contributed by atoms with Gasteiger partial charge in [0.25, 0.3) is 0 Å². The van der Waals surface area contributed by atoms with Crippen LogP contribution >= 0.6 is 0 Å². The van der Waals surface area contributed by atoms with E-state index in [1.807, 2.05) is 0 Å². The topological polar surface area (TPSA) is 96.0 Å². The summed E-state index contributed by atoms with van der Waals surface area (Å²) in [6, 6.07) is 7.66. The van der Waals surface area contributed by atoms with Gasteiger partial charge in [-0.1, -0.05) is 0 Å². The smallest absolute Gasteiger partial charge is 0.379 e. The van der Waals surface area contributed by atoms with E-state index in [-0.39, 0.29) is 30.0 Å². The normalized spacial score (nSPS) is 11.0. The van der Waals surface area contributed by atoms with Crippen LogP contribution in [0.2, 0.25) is 0 Å². The zero-order valence-corrected chi connectivity index (χ0v) is 15.8. The molecule has 0 radical (unpaired) electrons. The first-order chi connectivity index (χ1) is 13.3. The second-order valence-corrected chi connectivity index (χ2v) is 6.61. The molecule has 0 aliphatic carbocycles. The third-order valence-electron chi connectivity index (χ3n) is 4.02. The Morgan fingerprint density at radius 2 is 1.96 bits per heavy atom. The monoisotopic (exact) mass is 384 g/mol. The molecular formula is C21H20O7. The minimum atomic E-state index is -0.689. The maximum absolute atomic E-state index is 12.3. The summed E-state index contributed by atoms with van der Waals surface area (Å²) in [4.78, 5) is 35.9. The Balaban J connectivity index is 1.96. The fraction of sp³-hybridized carbons (Fsp3) is 0.286. The van der Waals surface area contributed by atoms with Crippen molar-refractivity contribution in [3.05, 3.63) is 63.9 Å². The van der Waals surface area contributed by atoms with Crippen molar-refractivity contribution in [2.75, 3.05) is 0 Å². The van der Waals surface area contributed by atoms with Crippen LogP contribution in [0.15, 0.2) is 50.2 Å². The molecule has 1 aromatic carbocycles. The first-order valence-electron chi connectivity index (χ1n) is 8.86. The Kier molecular flexibility index (Phi) is 5.63. The van der Waals surface area contributed by atoms with E-state index in [2.05, 4.69) is 0 Å². The summed E-state index contributed by atoms with van der Waals surface area (Å²) in [6.07, 6.45) is 1.56. The minimum Gasteiger partial charge on any atom is -0.463 e. The first kappa shape index (κ1) is 19.4. The maximum atomic E-state index is 12.3. The molecule has 7 nitrogen and oxygen atoms in total. The Morgan fingerprint density at radius 1 is 1.18 bits per heavy atom. The average Bonchev–Trinajstić information content (AvgIpc) is 3.14. The number of benzene rings is 1. The van der Waals surface area contributed by atoms with Crippen LogP contribution in [0.1, 0.15) is 41.9 Å². The number of ether oxygens (including phenoxy) is 2. The zero-order chi connectivity index (χ0) is 20.3. The van der Waals surface area contributed by atoms with E-state index in [9.17, 15) is 14.4 Å². The molecule has 0 spiro atoms. The van der Waals surface area contributed by atoms with Gasteiger partial charge < -0.3 is 18.3 Å². The van der Waals surface area contributed by atoms with Crippen molar-refractivity contribution >= 4 is 22.9 Å². The molecule has 0 aliphatic heterocycles. The third kappa shape index (κ3) is 4.49. The Labute approximate surface area is 160 Å². The lowest BCUT2D eigenvalue weighted by atomic mass is 10.0. The molecule has 0 saturated carbocycles. The van der Waals surface area contributed by atoms with E-state index in [1.54, 1.807) is 32.9 Å². The number of carbonyl (C=O) groups excluding carboxylic acids is 2. The van der Waals surface area contributed by atoms with Gasteiger partial charge in [0, 0.05) is 23.9 Å². The van der Waals surface area contributed by atoms with Crippen LogP contribution in [-0.4, -0.2) is 18.0 Å². The summed E-state index contributed by atoms with van der Waals surface area (Å²) in [5.74, 6) is -0.809. The molecule has 2 heterocycles. The Bertz CT molecular complexity index is 1060. The molecule has 0 saturated heterocycles. The highest BCUT2D eigenvalue weighted by Gasteiger charge is 2.18. The fourth-order valence-electron chi connectivity index (χ4n) is 2.78. The van der Waals surface area contributed by atoms with Crippen molar-refractivity contribution in [1.82, 2.24) is 0 Å². The van der Waals surface area contributed by atoms with Crippen molar-refractivity contribution in [1.29, 1.82) is 0 Å². The van der Waals surface area contributed by atoms with Crippen molar-refractivity contribution < 1.29 is 27.9 Å². The number of carbonyl (C=O) groups is 2. The number of rotatable bonds is 6. The van der Waals surface area contributed by atoms with Crippen LogP contribution in [0.3, 0.4) is 0 Å². The van der Waals surface area contributed by atoms with E-state index in [4.69, 9.17) is 18.3 Å². The lowest BCUT2D eigenvalue weighted by molar-refractivity contribution is -0.147. The predicted molar refractivity (Wildman–Crippen MR) is 100 cm³/mol. The van der Waals surface area contributed by atoms with Gasteiger partial charge in [-0.05, 0) is 56.5 Å². The second kappa shape index (κ2) is 8.12. The van der Waals surface area contributed by atoms with Crippen LogP contribution in [0.5, 0.6) is 5.75 Å². The second-order valence-electron chi connectivity index (χ2n) is 6.61. The molecule has 3 rings (SSSR count). The van der Waals surface area contributed by atoms with E-state index < -0.39 is 11.6 Å². The highest BCUT2D eigenvalue weighted by molar-refractivity contribution is 5.90. The molecular weight excluding hydrogens is 364 g/mol. The summed E-state index contributed by atoms with van der Waals surface area (Å²) < 4.78 is 20.9. The minimum absolute atomic E-state index is 0.0379. The summed E-state index contributed by atoms with van der Waals surface area (Å²) in [5, 5.41) is 0.699. The predicted octanol–water partition coefficient (Wildman–Crippen LogP) is 3.80. The van der Waals surface area contributed by atoms with Gasteiger partial charge in [-0.3, -0.25) is 4.79 Å². The quantitative estimate of drug-likeness (QED) is 0.362. The van der Waals surface area contributed by atoms with Gasteiger partial charge in [0.15, 0.2) is 0 Å². The van der Waals surface area contributed by atoms with Gasteiger partial charge in [-0.2, -0.15) is 0 Å². The van der Waals surface area contributed by atoms with Gasteiger partial charge >= 0.3 is 17.6 Å². The van der Waals surface area contributed by atoms with Crippen LogP contribution in [0, 0.1) is 6.92 Å². The number of esters is 2. The summed E-state index contributed by atoms with van der Waals surface area (Å²) in [7, 11) is 0. The highest BCUT2D eigenvalue weighted by atomic mass is 16.6. The molecule has 0 fully saturated rings. The molecule has 0 amide bonds. The molecule has 0 bridgehead atoms. The number of hydrogen-bond acceptors (Lipinski definition) is 7. The molecule has 2 aromatic heterocycles.